The summed E-state index contributed by atoms with van der Waals surface area (Å²) in [4.78, 5) is 43.1. The number of anilines is 1. The van der Waals surface area contributed by atoms with Gasteiger partial charge in [-0.3, -0.25) is 14.2 Å². The summed E-state index contributed by atoms with van der Waals surface area (Å²) in [5, 5.41) is 2.12. The smallest absolute Gasteiger partial charge is 0.336 e. The van der Waals surface area contributed by atoms with Gasteiger partial charge in [0.15, 0.2) is 0 Å². The quantitative estimate of drug-likeness (QED) is 0.433. The largest absolute Gasteiger partial charge is 0.366 e. The highest BCUT2D eigenvalue weighted by molar-refractivity contribution is 7.17. The highest BCUT2D eigenvalue weighted by Gasteiger charge is 2.25. The Balaban J connectivity index is 1.43. The molecule has 0 spiro atoms. The predicted octanol–water partition coefficient (Wildman–Crippen LogP) is 3.36. The number of carbonyl (C=O) groups is 1. The zero-order valence-corrected chi connectivity index (χ0v) is 19.6. The summed E-state index contributed by atoms with van der Waals surface area (Å²) < 4.78 is 16.9. The Morgan fingerprint density at radius 1 is 1.00 bits per heavy atom. The van der Waals surface area contributed by atoms with Gasteiger partial charge in [0.1, 0.15) is 17.1 Å². The van der Waals surface area contributed by atoms with Crippen LogP contribution in [-0.4, -0.2) is 46.1 Å². The van der Waals surface area contributed by atoms with E-state index in [9.17, 15) is 18.8 Å². The highest BCUT2D eigenvalue weighted by atomic mass is 35.5. The fourth-order valence-corrected chi connectivity index (χ4v) is 5.23. The van der Waals surface area contributed by atoms with Gasteiger partial charge in [0, 0.05) is 31.2 Å². The normalized spacial score (nSPS) is 14.1. The third-order valence-electron chi connectivity index (χ3n) is 5.94. The number of para-hydroxylation sites is 1. The minimum absolute atomic E-state index is 0.202. The van der Waals surface area contributed by atoms with Crippen molar-refractivity contribution in [2.24, 2.45) is 0 Å². The fourth-order valence-electron chi connectivity index (χ4n) is 4.22. The summed E-state index contributed by atoms with van der Waals surface area (Å²) in [6, 6.07) is 14.7. The molecule has 10 heteroatoms. The molecule has 174 valence electrons. The van der Waals surface area contributed by atoms with Crippen molar-refractivity contribution < 1.29 is 9.18 Å². The number of piperazine rings is 1. The molecule has 0 saturated carbocycles. The van der Waals surface area contributed by atoms with Crippen molar-refractivity contribution in [2.75, 3.05) is 31.1 Å². The van der Waals surface area contributed by atoms with E-state index in [1.807, 2.05) is 4.90 Å². The molecule has 3 heterocycles. The van der Waals surface area contributed by atoms with Crippen molar-refractivity contribution in [2.45, 2.75) is 6.54 Å². The summed E-state index contributed by atoms with van der Waals surface area (Å²) in [6.07, 6.45) is 0. The number of carbonyl (C=O) groups excluding carboxylic acids is 1. The number of halogens is 2. The Morgan fingerprint density at radius 2 is 1.76 bits per heavy atom. The van der Waals surface area contributed by atoms with Crippen LogP contribution < -0.4 is 16.1 Å². The third-order valence-corrected chi connectivity index (χ3v) is 7.07. The van der Waals surface area contributed by atoms with E-state index in [0.29, 0.717) is 52.8 Å². The van der Waals surface area contributed by atoms with Crippen LogP contribution in [0.25, 0.3) is 15.9 Å². The molecule has 1 aliphatic heterocycles. The molecule has 1 amide bonds. The molecular weight excluding hydrogens is 479 g/mol. The zero-order chi connectivity index (χ0) is 23.8. The van der Waals surface area contributed by atoms with Crippen molar-refractivity contribution in [3.8, 4) is 5.69 Å². The van der Waals surface area contributed by atoms with E-state index in [4.69, 9.17) is 11.6 Å². The standard InChI is InChI=1S/C24H20ClFN4O3S/c25-16-4-3-5-17(14-16)30-23(32)22-20(8-13-34-22)29(24(30)33)15-21(31)28-11-9-27(10-12-28)19-7-2-1-6-18(19)26/h1-8,13-14H,9-12,15H2. The van der Waals surface area contributed by atoms with E-state index in [1.165, 1.54) is 28.0 Å². The van der Waals surface area contributed by atoms with Crippen LogP contribution in [0.4, 0.5) is 10.1 Å². The lowest BCUT2D eigenvalue weighted by Gasteiger charge is -2.36. The van der Waals surface area contributed by atoms with Crippen LogP contribution in [0.5, 0.6) is 0 Å². The molecule has 1 saturated heterocycles. The third kappa shape index (κ3) is 4.01. The van der Waals surface area contributed by atoms with Crippen molar-refractivity contribution in [1.82, 2.24) is 14.0 Å². The van der Waals surface area contributed by atoms with E-state index >= 15 is 0 Å². The minimum atomic E-state index is -0.600. The van der Waals surface area contributed by atoms with Crippen LogP contribution in [-0.2, 0) is 11.3 Å². The van der Waals surface area contributed by atoms with Crippen LogP contribution in [0, 0.1) is 5.82 Å². The Labute approximate surface area is 202 Å². The first kappa shape index (κ1) is 22.4. The van der Waals surface area contributed by atoms with E-state index in [0.717, 1.165) is 4.57 Å². The molecule has 0 radical (unpaired) electrons. The lowest BCUT2D eigenvalue weighted by Crippen LogP contribution is -2.51. The lowest BCUT2D eigenvalue weighted by atomic mass is 10.2. The van der Waals surface area contributed by atoms with Gasteiger partial charge in [-0.15, -0.1) is 11.3 Å². The Bertz CT molecular complexity index is 1500. The predicted molar refractivity (Wildman–Crippen MR) is 132 cm³/mol. The number of amides is 1. The first-order valence-electron chi connectivity index (χ1n) is 10.7. The number of benzene rings is 2. The maximum atomic E-state index is 14.1. The molecule has 1 fully saturated rings. The van der Waals surface area contributed by atoms with Gasteiger partial charge in [0.25, 0.3) is 5.56 Å². The summed E-state index contributed by atoms with van der Waals surface area (Å²) in [6.45, 7) is 1.58. The number of hydrogen-bond donors (Lipinski definition) is 0. The molecule has 0 unspecified atom stereocenters. The topological polar surface area (TPSA) is 67.5 Å². The highest BCUT2D eigenvalue weighted by Crippen LogP contribution is 2.21. The van der Waals surface area contributed by atoms with Crippen molar-refractivity contribution in [3.05, 3.63) is 91.7 Å². The number of hydrogen-bond acceptors (Lipinski definition) is 5. The number of aromatic nitrogens is 2. The Hall–Kier alpha value is -3.43. The molecular formula is C24H20ClFN4O3S. The molecule has 5 rings (SSSR count). The van der Waals surface area contributed by atoms with Crippen LogP contribution in [0.1, 0.15) is 0 Å². The first-order chi connectivity index (χ1) is 16.4. The molecule has 7 nitrogen and oxygen atoms in total. The SMILES string of the molecule is O=C(Cn1c(=O)n(-c2cccc(Cl)c2)c(=O)c2sccc21)N1CCN(c2ccccc2F)CC1. The molecule has 34 heavy (non-hydrogen) atoms. The molecule has 1 aliphatic rings. The van der Waals surface area contributed by atoms with Gasteiger partial charge in [-0.1, -0.05) is 29.8 Å². The van der Waals surface area contributed by atoms with Gasteiger partial charge < -0.3 is 9.80 Å². The molecule has 0 aliphatic carbocycles. The Kier molecular flexibility index (Phi) is 5.97. The average molecular weight is 499 g/mol. The average Bonchev–Trinajstić information content (AvgIpc) is 3.33. The molecule has 0 N–H and O–H groups in total. The first-order valence-corrected chi connectivity index (χ1v) is 12.0. The van der Waals surface area contributed by atoms with Crippen LogP contribution in [0.3, 0.4) is 0 Å². The van der Waals surface area contributed by atoms with E-state index in [-0.39, 0.29) is 18.3 Å². The molecule has 0 atom stereocenters. The van der Waals surface area contributed by atoms with E-state index in [2.05, 4.69) is 0 Å². The van der Waals surface area contributed by atoms with Crippen LogP contribution in [0.2, 0.25) is 5.02 Å². The summed E-state index contributed by atoms with van der Waals surface area (Å²) >= 11 is 7.30. The minimum Gasteiger partial charge on any atom is -0.366 e. The Morgan fingerprint density at radius 3 is 2.50 bits per heavy atom. The summed E-state index contributed by atoms with van der Waals surface area (Å²) in [7, 11) is 0. The van der Waals surface area contributed by atoms with Crippen LogP contribution >= 0.6 is 22.9 Å². The van der Waals surface area contributed by atoms with Gasteiger partial charge in [0.05, 0.1) is 16.9 Å². The van der Waals surface area contributed by atoms with Gasteiger partial charge in [-0.05, 0) is 41.8 Å². The molecule has 2 aromatic carbocycles. The number of thiophene rings is 1. The summed E-state index contributed by atoms with van der Waals surface area (Å²) in [5.74, 6) is -0.531. The van der Waals surface area contributed by atoms with Crippen molar-refractivity contribution in [3.63, 3.8) is 0 Å². The van der Waals surface area contributed by atoms with E-state index < -0.39 is 11.2 Å². The maximum Gasteiger partial charge on any atom is 0.336 e. The second-order valence-electron chi connectivity index (χ2n) is 7.94. The van der Waals surface area contributed by atoms with Gasteiger partial charge in [-0.2, -0.15) is 0 Å². The van der Waals surface area contributed by atoms with Crippen molar-refractivity contribution >= 4 is 44.7 Å². The molecule has 4 aromatic rings. The number of nitrogens with zero attached hydrogens (tertiary/aromatic N) is 4. The van der Waals surface area contributed by atoms with Gasteiger partial charge in [0.2, 0.25) is 5.91 Å². The summed E-state index contributed by atoms with van der Waals surface area (Å²) in [5.41, 5.74) is 0.240. The molecule has 0 bridgehead atoms. The van der Waals surface area contributed by atoms with Crippen LogP contribution in [0.15, 0.2) is 69.6 Å². The lowest BCUT2D eigenvalue weighted by molar-refractivity contribution is -0.132. The number of rotatable bonds is 4. The van der Waals surface area contributed by atoms with E-state index in [1.54, 1.807) is 52.7 Å². The second kappa shape index (κ2) is 9.08. The fraction of sp³-hybridized carbons (Fsp3) is 0.208. The monoisotopic (exact) mass is 498 g/mol. The number of fused-ring (bicyclic) bond motifs is 1. The molecule has 2 aromatic heterocycles. The van der Waals surface area contributed by atoms with Crippen molar-refractivity contribution in [1.29, 1.82) is 0 Å². The zero-order valence-electron chi connectivity index (χ0n) is 18.0. The maximum absolute atomic E-state index is 14.1. The van der Waals surface area contributed by atoms with Gasteiger partial charge in [-0.25, -0.2) is 13.8 Å². The second-order valence-corrected chi connectivity index (χ2v) is 9.30. The van der Waals surface area contributed by atoms with Gasteiger partial charge >= 0.3 is 5.69 Å².